The van der Waals surface area contributed by atoms with Crippen LogP contribution in [0.5, 0.6) is 11.5 Å². The first-order chi connectivity index (χ1) is 24.3. The smallest absolute Gasteiger partial charge is 0.342 e. The lowest BCUT2D eigenvalue weighted by molar-refractivity contribution is 0.471. The van der Waals surface area contributed by atoms with E-state index >= 15 is 0 Å². The zero-order chi connectivity index (χ0) is 36.3. The molecule has 6 aromatic rings. The Hall–Kier alpha value is -5.32. The highest BCUT2D eigenvalue weighted by Gasteiger charge is 2.47. The van der Waals surface area contributed by atoms with Crippen molar-refractivity contribution in [2.24, 2.45) is 0 Å². The monoisotopic (exact) mass is 722 g/mol. The van der Waals surface area contributed by atoms with Gasteiger partial charge in [0.05, 0.1) is 5.41 Å². The molecule has 0 saturated carbocycles. The van der Waals surface area contributed by atoms with Crippen molar-refractivity contribution in [3.05, 3.63) is 177 Å². The van der Waals surface area contributed by atoms with Crippen molar-refractivity contribution >= 4 is 20.2 Å². The first-order valence-corrected chi connectivity index (χ1v) is 18.9. The van der Waals surface area contributed by atoms with Gasteiger partial charge in [0.15, 0.2) is 0 Å². The molecule has 0 amide bonds. The fraction of sp³-hybridized carbons (Fsp3) is 0.122. The second-order valence-electron chi connectivity index (χ2n) is 12.7. The summed E-state index contributed by atoms with van der Waals surface area (Å²) in [5, 5.41) is 0. The maximum atomic E-state index is 14.5. The van der Waals surface area contributed by atoms with Crippen molar-refractivity contribution in [3.8, 4) is 22.6 Å². The van der Waals surface area contributed by atoms with E-state index in [4.69, 9.17) is 8.37 Å². The number of halogens is 2. The molecule has 6 nitrogen and oxygen atoms in total. The predicted molar refractivity (Wildman–Crippen MR) is 191 cm³/mol. The molecule has 51 heavy (non-hydrogen) atoms. The largest absolute Gasteiger partial charge is 0.378 e. The summed E-state index contributed by atoms with van der Waals surface area (Å²) >= 11 is 0. The van der Waals surface area contributed by atoms with Crippen molar-refractivity contribution in [1.82, 2.24) is 0 Å². The summed E-state index contributed by atoms with van der Waals surface area (Å²) in [7, 11) is -9.00. The van der Waals surface area contributed by atoms with Gasteiger partial charge >= 0.3 is 20.2 Å². The minimum absolute atomic E-state index is 0.0891. The molecule has 0 radical (unpaired) electrons. The van der Waals surface area contributed by atoms with E-state index in [2.05, 4.69) is 0 Å². The SMILES string of the molecule is Cc1cc(C2(c3cc(C)c(OS(=O)(=O)c4ccccc4F)c(C)c3)c3ccccc3-c3ccccc32)cc(C)c1OS(=O)(=O)c1ccccc1F. The summed E-state index contributed by atoms with van der Waals surface area (Å²) in [5.41, 5.74) is 6.62. The van der Waals surface area contributed by atoms with Crippen LogP contribution in [0.2, 0.25) is 0 Å². The molecule has 7 rings (SSSR count). The van der Waals surface area contributed by atoms with Crippen LogP contribution in [0.3, 0.4) is 0 Å². The van der Waals surface area contributed by atoms with Gasteiger partial charge in [-0.3, -0.25) is 0 Å². The Balaban J connectivity index is 1.43. The first kappa shape index (κ1) is 34.1. The first-order valence-electron chi connectivity index (χ1n) is 16.1. The molecule has 0 aromatic heterocycles. The van der Waals surface area contributed by atoms with Gasteiger partial charge in [-0.2, -0.15) is 16.8 Å². The molecule has 10 heteroatoms. The topological polar surface area (TPSA) is 86.7 Å². The van der Waals surface area contributed by atoms with Gasteiger partial charge in [0.2, 0.25) is 0 Å². The summed E-state index contributed by atoms with van der Waals surface area (Å²) in [4.78, 5) is -1.12. The number of hydrogen-bond acceptors (Lipinski definition) is 6. The standard InChI is InChI=1S/C41H32F2O6S2/c1-25-21-29(22-26(2)39(25)48-50(44,45)37-19-11-9-17-35(37)42)41(33-15-7-5-13-31(33)32-14-6-8-16-34(32)41)30-23-27(3)40(28(4)24-30)49-51(46,47)38-20-12-10-18-36(38)43/h5-24H,1-4H3. The van der Waals surface area contributed by atoms with Gasteiger partial charge < -0.3 is 8.37 Å². The fourth-order valence-corrected chi connectivity index (χ4v) is 9.47. The highest BCUT2D eigenvalue weighted by atomic mass is 32.2. The highest BCUT2D eigenvalue weighted by Crippen LogP contribution is 2.57. The molecule has 0 spiro atoms. The van der Waals surface area contributed by atoms with E-state index in [-0.39, 0.29) is 11.5 Å². The van der Waals surface area contributed by atoms with Gasteiger partial charge in [0.1, 0.15) is 32.9 Å². The van der Waals surface area contributed by atoms with Crippen LogP contribution >= 0.6 is 0 Å². The predicted octanol–water partition coefficient (Wildman–Crippen LogP) is 9.10. The fourth-order valence-electron chi connectivity index (χ4n) is 7.22. The van der Waals surface area contributed by atoms with Crippen LogP contribution in [0.4, 0.5) is 8.78 Å². The molecule has 0 atom stereocenters. The second kappa shape index (κ2) is 12.5. The number of aryl methyl sites for hydroxylation is 4. The van der Waals surface area contributed by atoms with Crippen LogP contribution in [-0.2, 0) is 25.7 Å². The van der Waals surface area contributed by atoms with Crippen LogP contribution in [0.25, 0.3) is 11.1 Å². The summed E-state index contributed by atoms with van der Waals surface area (Å²) in [6.07, 6.45) is 0. The third-order valence-electron chi connectivity index (χ3n) is 9.34. The van der Waals surface area contributed by atoms with E-state index in [9.17, 15) is 25.6 Å². The maximum absolute atomic E-state index is 14.5. The zero-order valence-electron chi connectivity index (χ0n) is 28.1. The van der Waals surface area contributed by atoms with Crippen LogP contribution in [0.15, 0.2) is 131 Å². The number of rotatable bonds is 8. The summed E-state index contributed by atoms with van der Waals surface area (Å²) in [6.45, 7) is 6.96. The van der Waals surface area contributed by atoms with Gasteiger partial charge in [-0.05, 0) is 108 Å². The molecule has 0 unspecified atom stereocenters. The van der Waals surface area contributed by atoms with E-state index in [1.54, 1.807) is 27.7 Å². The van der Waals surface area contributed by atoms with E-state index < -0.39 is 47.1 Å². The van der Waals surface area contributed by atoms with Gasteiger partial charge in [0.25, 0.3) is 0 Å². The number of benzene rings is 6. The normalized spacial score (nSPS) is 13.4. The Morgan fingerprint density at radius 1 is 0.471 bits per heavy atom. The molecule has 0 aliphatic heterocycles. The molecule has 6 aromatic carbocycles. The van der Waals surface area contributed by atoms with E-state index in [1.807, 2.05) is 72.8 Å². The molecule has 0 fully saturated rings. The molecule has 0 N–H and O–H groups in total. The van der Waals surface area contributed by atoms with Crippen LogP contribution in [-0.4, -0.2) is 16.8 Å². The minimum atomic E-state index is -4.50. The van der Waals surface area contributed by atoms with Crippen molar-refractivity contribution in [2.75, 3.05) is 0 Å². The maximum Gasteiger partial charge on any atom is 0.342 e. The Bertz CT molecular complexity index is 2370. The lowest BCUT2D eigenvalue weighted by Gasteiger charge is -2.35. The van der Waals surface area contributed by atoms with E-state index in [1.165, 1.54) is 24.3 Å². The minimum Gasteiger partial charge on any atom is -0.378 e. The van der Waals surface area contributed by atoms with Crippen LogP contribution in [0, 0.1) is 39.3 Å². The van der Waals surface area contributed by atoms with Crippen LogP contribution in [0.1, 0.15) is 44.5 Å². The molecular formula is C41H32F2O6S2. The summed E-state index contributed by atoms with van der Waals surface area (Å²) in [6, 6.07) is 33.6. The third-order valence-corrected chi connectivity index (χ3v) is 11.8. The molecule has 258 valence electrons. The summed E-state index contributed by atoms with van der Waals surface area (Å²) in [5.74, 6) is -1.65. The van der Waals surface area contributed by atoms with E-state index in [0.29, 0.717) is 22.3 Å². The molecule has 1 aliphatic rings. The van der Waals surface area contributed by atoms with Gasteiger partial charge in [0, 0.05) is 0 Å². The number of hydrogen-bond donors (Lipinski definition) is 0. The Morgan fingerprint density at radius 3 is 1.14 bits per heavy atom. The lowest BCUT2D eigenvalue weighted by Crippen LogP contribution is -2.29. The van der Waals surface area contributed by atoms with Gasteiger partial charge in [-0.25, -0.2) is 8.78 Å². The molecular weight excluding hydrogens is 691 g/mol. The molecule has 0 saturated heterocycles. The third kappa shape index (κ3) is 5.59. The average molecular weight is 723 g/mol. The van der Waals surface area contributed by atoms with E-state index in [0.717, 1.165) is 57.6 Å². The molecule has 0 heterocycles. The van der Waals surface area contributed by atoms with Gasteiger partial charge in [-0.15, -0.1) is 0 Å². The van der Waals surface area contributed by atoms with Crippen molar-refractivity contribution in [2.45, 2.75) is 42.9 Å². The summed E-state index contributed by atoms with van der Waals surface area (Å²) < 4.78 is 93.3. The van der Waals surface area contributed by atoms with Crippen LogP contribution < -0.4 is 8.37 Å². The average Bonchev–Trinajstić information content (AvgIpc) is 3.39. The van der Waals surface area contributed by atoms with Gasteiger partial charge in [-0.1, -0.05) is 97.1 Å². The van der Waals surface area contributed by atoms with Crippen molar-refractivity contribution in [3.63, 3.8) is 0 Å². The Morgan fingerprint density at radius 2 is 0.784 bits per heavy atom. The number of fused-ring (bicyclic) bond motifs is 3. The Labute approximate surface area is 296 Å². The Kier molecular flexibility index (Phi) is 8.35. The molecule has 0 bridgehead atoms. The lowest BCUT2D eigenvalue weighted by atomic mass is 9.66. The quantitative estimate of drug-likeness (QED) is 0.146. The highest BCUT2D eigenvalue weighted by molar-refractivity contribution is 7.87. The van der Waals surface area contributed by atoms with Crippen molar-refractivity contribution < 1.29 is 34.0 Å². The van der Waals surface area contributed by atoms with Crippen molar-refractivity contribution in [1.29, 1.82) is 0 Å². The molecule has 1 aliphatic carbocycles. The second-order valence-corrected chi connectivity index (χ2v) is 15.7. The zero-order valence-corrected chi connectivity index (χ0v) is 29.7.